The highest BCUT2D eigenvalue weighted by molar-refractivity contribution is 7.89. The summed E-state index contributed by atoms with van der Waals surface area (Å²) in [5, 5.41) is 0. The van der Waals surface area contributed by atoms with Crippen LogP contribution in [0.15, 0.2) is 23.1 Å². The van der Waals surface area contributed by atoms with E-state index in [0.29, 0.717) is 12.3 Å². The van der Waals surface area contributed by atoms with E-state index in [1.807, 2.05) is 13.8 Å². The quantitative estimate of drug-likeness (QED) is 0.808. The lowest BCUT2D eigenvalue weighted by Gasteiger charge is -2.16. The minimum absolute atomic E-state index is 0.216. The van der Waals surface area contributed by atoms with Gasteiger partial charge < -0.3 is 5.73 Å². The molecule has 0 bridgehead atoms. The molecule has 0 aliphatic carbocycles. The second-order valence-corrected chi connectivity index (χ2v) is 6.52. The monoisotopic (exact) mass is 274 g/mol. The maximum absolute atomic E-state index is 13.5. The third-order valence-electron chi connectivity index (χ3n) is 2.43. The lowest BCUT2D eigenvalue weighted by Crippen LogP contribution is -2.34. The maximum Gasteiger partial charge on any atom is 0.243 e. The predicted molar refractivity (Wildman–Crippen MR) is 70.1 cm³/mol. The molecule has 0 radical (unpaired) electrons. The molecular weight excluding hydrogens is 255 g/mol. The van der Waals surface area contributed by atoms with Crippen LogP contribution >= 0.6 is 0 Å². The molecule has 1 unspecified atom stereocenters. The van der Waals surface area contributed by atoms with Crippen LogP contribution in [0.4, 0.5) is 10.1 Å². The Morgan fingerprint density at radius 2 is 1.94 bits per heavy atom. The summed E-state index contributed by atoms with van der Waals surface area (Å²) in [7, 11) is -3.86. The Hall–Kier alpha value is -1.14. The van der Waals surface area contributed by atoms with Gasteiger partial charge in [-0.25, -0.2) is 17.5 Å². The van der Waals surface area contributed by atoms with Crippen LogP contribution in [-0.2, 0) is 10.0 Å². The average Bonchev–Trinajstić information content (AvgIpc) is 2.19. The van der Waals surface area contributed by atoms with E-state index in [1.165, 1.54) is 6.07 Å². The molecule has 0 spiro atoms. The molecule has 1 atom stereocenters. The van der Waals surface area contributed by atoms with Crippen molar-refractivity contribution in [3.05, 3.63) is 24.0 Å². The van der Waals surface area contributed by atoms with Gasteiger partial charge in [-0.05, 0) is 37.5 Å². The Labute approximate surface area is 107 Å². The van der Waals surface area contributed by atoms with Crippen LogP contribution < -0.4 is 10.5 Å². The summed E-state index contributed by atoms with van der Waals surface area (Å²) in [5.41, 5.74) is 5.69. The lowest BCUT2D eigenvalue weighted by molar-refractivity contribution is 0.480. The number of anilines is 1. The zero-order valence-electron chi connectivity index (χ0n) is 10.8. The molecule has 0 amide bonds. The fraction of sp³-hybridized carbons (Fsp3) is 0.500. The van der Waals surface area contributed by atoms with Crippen LogP contribution in [0.25, 0.3) is 0 Å². The van der Waals surface area contributed by atoms with E-state index in [-0.39, 0.29) is 11.7 Å². The van der Waals surface area contributed by atoms with Gasteiger partial charge in [-0.3, -0.25) is 0 Å². The molecule has 4 nitrogen and oxygen atoms in total. The second-order valence-electron chi connectivity index (χ2n) is 4.84. The van der Waals surface area contributed by atoms with Crippen molar-refractivity contribution in [3.63, 3.8) is 0 Å². The van der Waals surface area contributed by atoms with E-state index in [4.69, 9.17) is 5.73 Å². The third kappa shape index (κ3) is 3.96. The van der Waals surface area contributed by atoms with Gasteiger partial charge in [-0.2, -0.15) is 0 Å². The van der Waals surface area contributed by atoms with Crippen LogP contribution in [0.3, 0.4) is 0 Å². The Bertz CT molecular complexity index is 515. The number of rotatable bonds is 5. The summed E-state index contributed by atoms with van der Waals surface area (Å²) in [4.78, 5) is -0.405. The van der Waals surface area contributed by atoms with Gasteiger partial charge in [0.25, 0.3) is 0 Å². The summed E-state index contributed by atoms with van der Waals surface area (Å²) in [6, 6.07) is 3.25. The van der Waals surface area contributed by atoms with Gasteiger partial charge in [0.1, 0.15) is 10.7 Å². The van der Waals surface area contributed by atoms with Crippen LogP contribution in [-0.4, -0.2) is 14.5 Å². The molecule has 1 aromatic rings. The fourth-order valence-corrected chi connectivity index (χ4v) is 3.18. The summed E-state index contributed by atoms with van der Waals surface area (Å²) >= 11 is 0. The fourth-order valence-electron chi connectivity index (χ4n) is 1.81. The average molecular weight is 274 g/mol. The molecule has 1 rings (SSSR count). The van der Waals surface area contributed by atoms with E-state index < -0.39 is 20.7 Å². The number of nitrogens with one attached hydrogen (secondary N) is 1. The van der Waals surface area contributed by atoms with Crippen molar-refractivity contribution in [3.8, 4) is 0 Å². The van der Waals surface area contributed by atoms with Crippen LogP contribution in [0, 0.1) is 11.7 Å². The second kappa shape index (κ2) is 5.67. The maximum atomic E-state index is 13.5. The largest absolute Gasteiger partial charge is 0.399 e. The molecular formula is C12H19FN2O2S. The molecule has 102 valence electrons. The normalized spacial score (nSPS) is 13.8. The molecule has 6 heteroatoms. The summed E-state index contributed by atoms with van der Waals surface area (Å²) in [6.07, 6.45) is 0.684. The molecule has 0 aliphatic rings. The summed E-state index contributed by atoms with van der Waals surface area (Å²) in [6.45, 7) is 5.74. The molecule has 0 saturated carbocycles. The van der Waals surface area contributed by atoms with Crippen molar-refractivity contribution in [2.75, 3.05) is 5.73 Å². The Kier molecular flexibility index (Phi) is 4.70. The number of benzene rings is 1. The first-order valence-corrected chi connectivity index (χ1v) is 7.28. The van der Waals surface area contributed by atoms with Gasteiger partial charge in [0.15, 0.2) is 0 Å². The molecule has 3 N–H and O–H groups in total. The number of nitrogen functional groups attached to an aromatic ring is 1. The number of sulfonamides is 1. The zero-order valence-corrected chi connectivity index (χ0v) is 11.6. The molecule has 0 fully saturated rings. The van der Waals surface area contributed by atoms with Crippen molar-refractivity contribution in [2.45, 2.75) is 38.1 Å². The first-order chi connectivity index (χ1) is 8.22. The number of nitrogens with two attached hydrogens (primary N) is 1. The van der Waals surface area contributed by atoms with Crippen molar-refractivity contribution in [2.24, 2.45) is 5.92 Å². The third-order valence-corrected chi connectivity index (χ3v) is 4.03. The van der Waals surface area contributed by atoms with Gasteiger partial charge in [-0.1, -0.05) is 13.8 Å². The topological polar surface area (TPSA) is 72.2 Å². The zero-order chi connectivity index (χ0) is 13.9. The minimum atomic E-state index is -3.86. The minimum Gasteiger partial charge on any atom is -0.399 e. The first kappa shape index (κ1) is 14.9. The number of hydrogen-bond donors (Lipinski definition) is 2. The Balaban J connectivity index is 2.96. The number of halogens is 1. The van der Waals surface area contributed by atoms with Crippen LogP contribution in [0.5, 0.6) is 0 Å². The van der Waals surface area contributed by atoms with Crippen molar-refractivity contribution >= 4 is 15.7 Å². The van der Waals surface area contributed by atoms with E-state index in [2.05, 4.69) is 4.72 Å². The van der Waals surface area contributed by atoms with E-state index in [0.717, 1.165) is 12.1 Å². The smallest absolute Gasteiger partial charge is 0.243 e. The summed E-state index contributed by atoms with van der Waals surface area (Å²) < 4.78 is 39.9. The van der Waals surface area contributed by atoms with Gasteiger partial charge >= 0.3 is 0 Å². The molecule has 18 heavy (non-hydrogen) atoms. The lowest BCUT2D eigenvalue weighted by atomic mass is 10.1. The van der Waals surface area contributed by atoms with Crippen molar-refractivity contribution in [1.29, 1.82) is 0 Å². The highest BCUT2D eigenvalue weighted by Gasteiger charge is 2.21. The molecule has 1 aromatic carbocycles. The van der Waals surface area contributed by atoms with Crippen molar-refractivity contribution in [1.82, 2.24) is 4.72 Å². The van der Waals surface area contributed by atoms with Gasteiger partial charge in [0.05, 0.1) is 0 Å². The predicted octanol–water partition coefficient (Wildman–Crippen LogP) is 2.12. The standard InChI is InChI=1S/C12H19FN2O2S/c1-8(2)6-9(3)15-18(16,17)12-7-10(14)4-5-11(12)13/h4-5,7-9,15H,6,14H2,1-3H3. The SMILES string of the molecule is CC(C)CC(C)NS(=O)(=O)c1cc(N)ccc1F. The molecule has 0 aromatic heterocycles. The van der Waals surface area contributed by atoms with Gasteiger partial charge in [0.2, 0.25) is 10.0 Å². The summed E-state index contributed by atoms with van der Waals surface area (Å²) in [5.74, 6) is -0.443. The van der Waals surface area contributed by atoms with E-state index in [1.54, 1.807) is 6.92 Å². The van der Waals surface area contributed by atoms with Crippen molar-refractivity contribution < 1.29 is 12.8 Å². The highest BCUT2D eigenvalue weighted by atomic mass is 32.2. The molecule has 0 aliphatic heterocycles. The first-order valence-electron chi connectivity index (χ1n) is 5.79. The van der Waals surface area contributed by atoms with Crippen LogP contribution in [0.1, 0.15) is 27.2 Å². The molecule has 0 heterocycles. The Morgan fingerprint density at radius 3 is 2.50 bits per heavy atom. The van der Waals surface area contributed by atoms with E-state index >= 15 is 0 Å². The molecule has 0 saturated heterocycles. The number of hydrogen-bond acceptors (Lipinski definition) is 3. The van der Waals surface area contributed by atoms with Crippen LogP contribution in [0.2, 0.25) is 0 Å². The Morgan fingerprint density at radius 1 is 1.33 bits per heavy atom. The van der Waals surface area contributed by atoms with Gasteiger partial charge in [-0.15, -0.1) is 0 Å². The van der Waals surface area contributed by atoms with Gasteiger partial charge in [0, 0.05) is 11.7 Å². The highest BCUT2D eigenvalue weighted by Crippen LogP contribution is 2.18. The van der Waals surface area contributed by atoms with E-state index in [9.17, 15) is 12.8 Å².